The molecule has 2 heterocycles. The zero-order valence-corrected chi connectivity index (χ0v) is 10.7. The van der Waals surface area contributed by atoms with Crippen LogP contribution in [0.4, 0.5) is 15.9 Å². The van der Waals surface area contributed by atoms with Gasteiger partial charge < -0.3 is 20.5 Å². The van der Waals surface area contributed by atoms with Crippen LogP contribution in [0.2, 0.25) is 0 Å². The van der Waals surface area contributed by atoms with Crippen molar-refractivity contribution in [1.29, 1.82) is 0 Å². The summed E-state index contributed by atoms with van der Waals surface area (Å²) in [6.45, 7) is 1.34. The van der Waals surface area contributed by atoms with E-state index in [1.807, 2.05) is 0 Å². The molecule has 1 aromatic heterocycles. The Hall–Kier alpha value is -2.50. The molecule has 0 amide bonds. The van der Waals surface area contributed by atoms with Crippen LogP contribution in [0.15, 0.2) is 30.5 Å². The van der Waals surface area contributed by atoms with E-state index in [1.54, 1.807) is 18.3 Å². The van der Waals surface area contributed by atoms with Crippen molar-refractivity contribution in [2.75, 3.05) is 24.2 Å². The van der Waals surface area contributed by atoms with Crippen molar-refractivity contribution < 1.29 is 13.9 Å². The molecule has 5 nitrogen and oxygen atoms in total. The van der Waals surface area contributed by atoms with E-state index in [-0.39, 0.29) is 5.75 Å². The molecule has 0 saturated carbocycles. The lowest BCUT2D eigenvalue weighted by molar-refractivity contribution is 0.305. The van der Waals surface area contributed by atoms with Gasteiger partial charge in [-0.15, -0.1) is 0 Å². The number of pyridine rings is 1. The van der Waals surface area contributed by atoms with Gasteiger partial charge in [0, 0.05) is 30.6 Å². The Morgan fingerprint density at radius 3 is 3.05 bits per heavy atom. The molecule has 0 radical (unpaired) electrons. The maximum absolute atomic E-state index is 13.8. The van der Waals surface area contributed by atoms with Gasteiger partial charge in [0.15, 0.2) is 23.1 Å². The Kier molecular flexibility index (Phi) is 3.28. The van der Waals surface area contributed by atoms with Crippen LogP contribution in [0, 0.1) is 5.82 Å². The first-order valence-electron chi connectivity index (χ1n) is 6.32. The predicted molar refractivity (Wildman–Crippen MR) is 73.7 cm³/mol. The van der Waals surface area contributed by atoms with E-state index in [0.717, 1.165) is 13.0 Å². The fraction of sp³-hybridized carbons (Fsp3) is 0.214. The lowest BCUT2D eigenvalue weighted by Crippen LogP contribution is -2.01. The molecule has 0 unspecified atom stereocenters. The SMILES string of the molecule is Nc1ccc(Oc2ccnc3c2OCCCN3)c(F)c1. The van der Waals surface area contributed by atoms with E-state index in [4.69, 9.17) is 15.2 Å². The summed E-state index contributed by atoms with van der Waals surface area (Å²) < 4.78 is 25.0. The number of anilines is 2. The van der Waals surface area contributed by atoms with E-state index in [1.165, 1.54) is 12.1 Å². The van der Waals surface area contributed by atoms with Gasteiger partial charge in [-0.3, -0.25) is 0 Å². The van der Waals surface area contributed by atoms with Crippen LogP contribution in [0.5, 0.6) is 17.2 Å². The van der Waals surface area contributed by atoms with Gasteiger partial charge in [0.2, 0.25) is 5.75 Å². The maximum atomic E-state index is 13.8. The second-order valence-corrected chi connectivity index (χ2v) is 4.41. The third-order valence-corrected chi connectivity index (χ3v) is 2.90. The normalized spacial score (nSPS) is 13.7. The number of nitrogens with zero attached hydrogens (tertiary/aromatic N) is 1. The zero-order valence-electron chi connectivity index (χ0n) is 10.7. The lowest BCUT2D eigenvalue weighted by atomic mass is 10.3. The highest BCUT2D eigenvalue weighted by Crippen LogP contribution is 2.38. The molecule has 0 aliphatic carbocycles. The van der Waals surface area contributed by atoms with Gasteiger partial charge in [-0.1, -0.05) is 0 Å². The minimum atomic E-state index is -0.517. The third kappa shape index (κ3) is 2.45. The molecule has 104 valence electrons. The van der Waals surface area contributed by atoms with Gasteiger partial charge in [-0.05, 0) is 18.6 Å². The van der Waals surface area contributed by atoms with Gasteiger partial charge in [0.05, 0.1) is 6.61 Å². The summed E-state index contributed by atoms with van der Waals surface area (Å²) in [5.74, 6) is 1.11. The van der Waals surface area contributed by atoms with Gasteiger partial charge in [-0.2, -0.15) is 0 Å². The van der Waals surface area contributed by atoms with Crippen molar-refractivity contribution in [3.05, 3.63) is 36.3 Å². The Bertz CT molecular complexity index is 634. The van der Waals surface area contributed by atoms with Crippen LogP contribution in [-0.4, -0.2) is 18.1 Å². The van der Waals surface area contributed by atoms with Crippen molar-refractivity contribution in [2.24, 2.45) is 0 Å². The quantitative estimate of drug-likeness (QED) is 0.825. The number of benzene rings is 1. The summed E-state index contributed by atoms with van der Waals surface area (Å²) in [4.78, 5) is 4.19. The number of hydrogen-bond acceptors (Lipinski definition) is 5. The number of halogens is 1. The molecule has 0 bridgehead atoms. The number of ether oxygens (including phenoxy) is 2. The van der Waals surface area contributed by atoms with Crippen molar-refractivity contribution in [2.45, 2.75) is 6.42 Å². The molecule has 0 saturated heterocycles. The second-order valence-electron chi connectivity index (χ2n) is 4.41. The van der Waals surface area contributed by atoms with Crippen LogP contribution in [-0.2, 0) is 0 Å². The number of nitrogens with one attached hydrogen (secondary N) is 1. The third-order valence-electron chi connectivity index (χ3n) is 2.90. The molecule has 0 fully saturated rings. The first-order valence-corrected chi connectivity index (χ1v) is 6.32. The smallest absolute Gasteiger partial charge is 0.204 e. The summed E-state index contributed by atoms with van der Waals surface area (Å²) in [6.07, 6.45) is 2.46. The van der Waals surface area contributed by atoms with Crippen molar-refractivity contribution in [3.63, 3.8) is 0 Å². The largest absolute Gasteiger partial charge is 0.486 e. The number of nitrogen functional groups attached to an aromatic ring is 1. The van der Waals surface area contributed by atoms with E-state index < -0.39 is 5.82 Å². The topological polar surface area (TPSA) is 69.4 Å². The molecule has 3 N–H and O–H groups in total. The average molecular weight is 275 g/mol. The molecule has 0 atom stereocenters. The minimum absolute atomic E-state index is 0.0976. The highest BCUT2D eigenvalue weighted by molar-refractivity contribution is 5.59. The molecule has 3 rings (SSSR count). The molecule has 6 heteroatoms. The monoisotopic (exact) mass is 275 g/mol. The number of hydrogen-bond donors (Lipinski definition) is 2. The summed E-state index contributed by atoms with van der Waals surface area (Å²) >= 11 is 0. The Balaban J connectivity index is 1.94. The molecule has 20 heavy (non-hydrogen) atoms. The Morgan fingerprint density at radius 2 is 2.20 bits per heavy atom. The Labute approximate surface area is 115 Å². The first kappa shape index (κ1) is 12.5. The average Bonchev–Trinajstić information content (AvgIpc) is 2.68. The van der Waals surface area contributed by atoms with Crippen LogP contribution >= 0.6 is 0 Å². The highest BCUT2D eigenvalue weighted by Gasteiger charge is 2.17. The summed E-state index contributed by atoms with van der Waals surface area (Å²) in [5, 5.41) is 3.15. The molecule has 0 spiro atoms. The van der Waals surface area contributed by atoms with Crippen molar-refractivity contribution in [3.8, 4) is 17.2 Å². The molecular formula is C14H14FN3O2. The minimum Gasteiger partial charge on any atom is -0.486 e. The fourth-order valence-corrected chi connectivity index (χ4v) is 1.95. The first-order chi connectivity index (χ1) is 9.74. The van der Waals surface area contributed by atoms with E-state index in [0.29, 0.717) is 29.6 Å². The summed E-state index contributed by atoms with van der Waals surface area (Å²) in [7, 11) is 0. The Morgan fingerprint density at radius 1 is 1.30 bits per heavy atom. The van der Waals surface area contributed by atoms with Gasteiger partial charge in [0.25, 0.3) is 0 Å². The second kappa shape index (κ2) is 5.24. The fourth-order valence-electron chi connectivity index (χ4n) is 1.95. The number of rotatable bonds is 2. The van der Waals surface area contributed by atoms with E-state index >= 15 is 0 Å². The summed E-state index contributed by atoms with van der Waals surface area (Å²) in [5.41, 5.74) is 5.86. The van der Waals surface area contributed by atoms with Crippen molar-refractivity contribution in [1.82, 2.24) is 4.98 Å². The van der Waals surface area contributed by atoms with Gasteiger partial charge in [-0.25, -0.2) is 9.37 Å². The number of nitrogens with two attached hydrogens (primary N) is 1. The van der Waals surface area contributed by atoms with E-state index in [9.17, 15) is 4.39 Å². The van der Waals surface area contributed by atoms with Gasteiger partial charge >= 0.3 is 0 Å². The molecule has 2 aromatic rings. The predicted octanol–water partition coefficient (Wildman–Crippen LogP) is 2.79. The lowest BCUT2D eigenvalue weighted by Gasteiger charge is -2.13. The van der Waals surface area contributed by atoms with Gasteiger partial charge in [0.1, 0.15) is 0 Å². The van der Waals surface area contributed by atoms with Crippen LogP contribution in [0.25, 0.3) is 0 Å². The zero-order chi connectivity index (χ0) is 13.9. The molecule has 1 aliphatic rings. The highest BCUT2D eigenvalue weighted by atomic mass is 19.1. The molecule has 1 aromatic carbocycles. The van der Waals surface area contributed by atoms with Crippen LogP contribution in [0.1, 0.15) is 6.42 Å². The standard InChI is InChI=1S/C14H14FN3O2/c15-10-8-9(16)2-3-11(10)20-12-4-6-18-14-13(12)19-7-1-5-17-14/h2-4,6,8H,1,5,7,16H2,(H,17,18). The van der Waals surface area contributed by atoms with Crippen LogP contribution < -0.4 is 20.5 Å². The van der Waals surface area contributed by atoms with E-state index in [2.05, 4.69) is 10.3 Å². The molecule has 1 aliphatic heterocycles. The van der Waals surface area contributed by atoms with Crippen LogP contribution in [0.3, 0.4) is 0 Å². The van der Waals surface area contributed by atoms with Crippen molar-refractivity contribution >= 4 is 11.5 Å². The summed E-state index contributed by atoms with van der Waals surface area (Å²) in [6, 6.07) is 5.93. The number of fused-ring (bicyclic) bond motifs is 1. The molecular weight excluding hydrogens is 261 g/mol. The maximum Gasteiger partial charge on any atom is 0.204 e. The number of aromatic nitrogens is 1.